The topological polar surface area (TPSA) is 49.4 Å². The fourth-order valence-electron chi connectivity index (χ4n) is 3.72. The predicted molar refractivity (Wildman–Crippen MR) is 129 cm³/mol. The van der Waals surface area contributed by atoms with Gasteiger partial charge in [-0.25, -0.2) is 0 Å². The summed E-state index contributed by atoms with van der Waals surface area (Å²) in [5, 5.41) is 4.40. The second-order valence-electron chi connectivity index (χ2n) is 7.83. The second-order valence-corrected chi connectivity index (χ2v) is 9.84. The van der Waals surface area contributed by atoms with Crippen LogP contribution in [0, 0.1) is 0 Å². The number of amides is 2. The van der Waals surface area contributed by atoms with Crippen LogP contribution in [0.2, 0.25) is 10.0 Å². The Morgan fingerprint density at radius 3 is 2.45 bits per heavy atom. The molecule has 1 aliphatic rings. The summed E-state index contributed by atoms with van der Waals surface area (Å²) in [5.41, 5.74) is 0.836. The van der Waals surface area contributed by atoms with Crippen molar-refractivity contribution < 1.29 is 9.59 Å². The molecule has 7 heteroatoms. The Hall–Kier alpha value is -1.69. The van der Waals surface area contributed by atoms with Gasteiger partial charge in [0.25, 0.3) is 0 Å². The van der Waals surface area contributed by atoms with Crippen molar-refractivity contribution in [2.24, 2.45) is 0 Å². The van der Waals surface area contributed by atoms with Gasteiger partial charge in [0.1, 0.15) is 6.04 Å². The first-order valence-corrected chi connectivity index (χ1v) is 12.4. The average molecular weight is 479 g/mol. The first kappa shape index (κ1) is 24.0. The number of nitrogens with one attached hydrogen (secondary N) is 1. The molecule has 1 atom stereocenters. The molecule has 0 heterocycles. The van der Waals surface area contributed by atoms with Crippen molar-refractivity contribution in [1.82, 2.24) is 10.2 Å². The lowest BCUT2D eigenvalue weighted by Gasteiger charge is -2.30. The molecule has 0 unspecified atom stereocenters. The Balaban J connectivity index is 1.66. The van der Waals surface area contributed by atoms with Crippen LogP contribution in [0.15, 0.2) is 53.4 Å². The van der Waals surface area contributed by atoms with E-state index in [0.717, 1.165) is 36.1 Å². The molecule has 0 spiro atoms. The molecule has 1 N–H and O–H groups in total. The third kappa shape index (κ3) is 7.16. The van der Waals surface area contributed by atoms with Crippen LogP contribution in [0.3, 0.4) is 0 Å². The number of hydrogen-bond acceptors (Lipinski definition) is 3. The van der Waals surface area contributed by atoms with Crippen LogP contribution in [-0.2, 0) is 16.1 Å². The maximum Gasteiger partial charge on any atom is 0.242 e. The Morgan fingerprint density at radius 1 is 1.10 bits per heavy atom. The maximum absolute atomic E-state index is 13.2. The van der Waals surface area contributed by atoms with Gasteiger partial charge in [0.15, 0.2) is 0 Å². The molecule has 166 valence electrons. The minimum atomic E-state index is -0.565. The highest BCUT2D eigenvalue weighted by atomic mass is 35.5. The molecule has 4 nitrogen and oxygen atoms in total. The number of carbonyl (C=O) groups excluding carboxylic acids is 2. The first-order chi connectivity index (χ1) is 14.9. The minimum Gasteiger partial charge on any atom is -0.352 e. The number of hydrogen-bond donors (Lipinski definition) is 1. The lowest BCUT2D eigenvalue weighted by Crippen LogP contribution is -2.49. The lowest BCUT2D eigenvalue weighted by atomic mass is 10.1. The summed E-state index contributed by atoms with van der Waals surface area (Å²) >= 11 is 13.9. The van der Waals surface area contributed by atoms with E-state index in [1.807, 2.05) is 42.5 Å². The van der Waals surface area contributed by atoms with Crippen LogP contribution >= 0.6 is 35.0 Å². The molecule has 2 aromatic carbocycles. The van der Waals surface area contributed by atoms with Crippen LogP contribution in [0.1, 0.15) is 44.6 Å². The zero-order valence-corrected chi connectivity index (χ0v) is 20.0. The summed E-state index contributed by atoms with van der Waals surface area (Å²) < 4.78 is 0. The van der Waals surface area contributed by atoms with E-state index in [1.165, 1.54) is 0 Å². The monoisotopic (exact) mass is 478 g/mol. The number of benzene rings is 2. The summed E-state index contributed by atoms with van der Waals surface area (Å²) in [6.45, 7) is 2.11. The molecule has 0 bridgehead atoms. The van der Waals surface area contributed by atoms with Gasteiger partial charge in [-0.1, -0.05) is 54.2 Å². The molecular weight excluding hydrogens is 451 g/mol. The zero-order valence-electron chi connectivity index (χ0n) is 17.7. The smallest absolute Gasteiger partial charge is 0.242 e. The van der Waals surface area contributed by atoms with Gasteiger partial charge in [-0.05, 0) is 55.7 Å². The molecule has 2 amide bonds. The van der Waals surface area contributed by atoms with Gasteiger partial charge in [-0.15, -0.1) is 11.8 Å². The molecule has 31 heavy (non-hydrogen) atoms. The zero-order chi connectivity index (χ0) is 22.2. The first-order valence-electron chi connectivity index (χ1n) is 10.7. The molecule has 0 saturated heterocycles. The van der Waals surface area contributed by atoms with E-state index in [-0.39, 0.29) is 17.9 Å². The van der Waals surface area contributed by atoms with Gasteiger partial charge in [0, 0.05) is 39.7 Å². The number of halogens is 2. The van der Waals surface area contributed by atoms with Crippen LogP contribution in [-0.4, -0.2) is 34.6 Å². The van der Waals surface area contributed by atoms with Crippen molar-refractivity contribution >= 4 is 46.8 Å². The van der Waals surface area contributed by atoms with Crippen molar-refractivity contribution in [3.05, 3.63) is 64.1 Å². The summed E-state index contributed by atoms with van der Waals surface area (Å²) in [6, 6.07) is 14.7. The number of nitrogens with zero attached hydrogens (tertiary/aromatic N) is 1. The van der Waals surface area contributed by atoms with E-state index in [9.17, 15) is 9.59 Å². The summed E-state index contributed by atoms with van der Waals surface area (Å²) in [4.78, 5) is 28.8. The fraction of sp³-hybridized carbons (Fsp3) is 0.417. The largest absolute Gasteiger partial charge is 0.352 e. The summed E-state index contributed by atoms with van der Waals surface area (Å²) in [7, 11) is 0. The van der Waals surface area contributed by atoms with E-state index in [1.54, 1.807) is 29.7 Å². The third-order valence-corrected chi connectivity index (χ3v) is 7.20. The molecule has 1 fully saturated rings. The molecule has 2 aromatic rings. The average Bonchev–Trinajstić information content (AvgIpc) is 3.27. The third-order valence-electron chi connectivity index (χ3n) is 5.57. The number of rotatable bonds is 9. The molecule has 0 aromatic heterocycles. The quantitative estimate of drug-likeness (QED) is 0.452. The molecule has 0 radical (unpaired) electrons. The van der Waals surface area contributed by atoms with E-state index < -0.39 is 6.04 Å². The Labute approximate surface area is 198 Å². The summed E-state index contributed by atoms with van der Waals surface area (Å²) in [5.74, 6) is 0.462. The van der Waals surface area contributed by atoms with Crippen molar-refractivity contribution in [3.63, 3.8) is 0 Å². The van der Waals surface area contributed by atoms with Gasteiger partial charge < -0.3 is 10.2 Å². The van der Waals surface area contributed by atoms with Gasteiger partial charge in [0.05, 0.1) is 0 Å². The second kappa shape index (κ2) is 11.8. The molecule has 3 rings (SSSR count). The molecule has 0 aliphatic heterocycles. The number of carbonyl (C=O) groups is 2. The van der Waals surface area contributed by atoms with E-state index >= 15 is 0 Å². The van der Waals surface area contributed by atoms with Crippen molar-refractivity contribution in [3.8, 4) is 0 Å². The van der Waals surface area contributed by atoms with E-state index in [4.69, 9.17) is 23.2 Å². The van der Waals surface area contributed by atoms with Gasteiger partial charge in [-0.3, -0.25) is 9.59 Å². The van der Waals surface area contributed by atoms with E-state index in [0.29, 0.717) is 28.8 Å². The van der Waals surface area contributed by atoms with Gasteiger partial charge >= 0.3 is 0 Å². The highest BCUT2D eigenvalue weighted by Crippen LogP contribution is 2.24. The normalized spacial score (nSPS) is 14.9. The molecule has 1 aliphatic carbocycles. The maximum atomic E-state index is 13.2. The Morgan fingerprint density at radius 2 is 1.77 bits per heavy atom. The SMILES string of the molecule is C[C@H](C(=O)NC1CCCC1)N(Cc1ccccc1Cl)C(=O)CCSc1ccc(Cl)cc1. The standard InChI is InChI=1S/C24H28Cl2N2O2S/c1-17(24(30)27-20-7-3-4-8-20)28(16-18-6-2-5-9-22(18)26)23(29)14-15-31-21-12-10-19(25)11-13-21/h2,5-6,9-13,17,20H,3-4,7-8,14-16H2,1H3,(H,27,30)/t17-/m1/s1. The van der Waals surface area contributed by atoms with Crippen molar-refractivity contribution in [2.45, 2.75) is 62.6 Å². The predicted octanol–water partition coefficient (Wildman–Crippen LogP) is 5.95. The Bertz CT molecular complexity index is 885. The van der Waals surface area contributed by atoms with Crippen molar-refractivity contribution in [2.75, 3.05) is 5.75 Å². The van der Waals surface area contributed by atoms with Gasteiger partial charge in [-0.2, -0.15) is 0 Å². The van der Waals surface area contributed by atoms with Crippen LogP contribution in [0.5, 0.6) is 0 Å². The van der Waals surface area contributed by atoms with E-state index in [2.05, 4.69) is 5.32 Å². The molecule has 1 saturated carbocycles. The van der Waals surface area contributed by atoms with Crippen LogP contribution in [0.25, 0.3) is 0 Å². The van der Waals surface area contributed by atoms with Crippen LogP contribution < -0.4 is 5.32 Å². The number of thioether (sulfide) groups is 1. The molecular formula is C24H28Cl2N2O2S. The van der Waals surface area contributed by atoms with Gasteiger partial charge in [0.2, 0.25) is 11.8 Å². The highest BCUT2D eigenvalue weighted by molar-refractivity contribution is 7.99. The van der Waals surface area contributed by atoms with Crippen molar-refractivity contribution in [1.29, 1.82) is 0 Å². The fourth-order valence-corrected chi connectivity index (χ4v) is 4.88. The van der Waals surface area contributed by atoms with Crippen LogP contribution in [0.4, 0.5) is 0 Å². The lowest BCUT2D eigenvalue weighted by molar-refractivity contribution is -0.140. The minimum absolute atomic E-state index is 0.0598. The highest BCUT2D eigenvalue weighted by Gasteiger charge is 2.28. The Kier molecular flexibility index (Phi) is 9.12. The summed E-state index contributed by atoms with van der Waals surface area (Å²) in [6.07, 6.45) is 4.63.